The number of benzene rings is 2. The predicted molar refractivity (Wildman–Crippen MR) is 113 cm³/mol. The Bertz CT molecular complexity index is 1050. The minimum atomic E-state index is -3.73. The van der Waals surface area contributed by atoms with Gasteiger partial charge >= 0.3 is 5.97 Å². The molecule has 2 rings (SSSR count). The van der Waals surface area contributed by atoms with Crippen LogP contribution in [0.2, 0.25) is 5.02 Å². The number of sulfone groups is 1. The van der Waals surface area contributed by atoms with E-state index in [-0.39, 0.29) is 10.8 Å². The van der Waals surface area contributed by atoms with Crippen molar-refractivity contribution in [1.82, 2.24) is 0 Å². The van der Waals surface area contributed by atoms with Crippen molar-refractivity contribution in [3.8, 4) is 0 Å². The van der Waals surface area contributed by atoms with Gasteiger partial charge in [-0.2, -0.15) is 0 Å². The zero-order valence-corrected chi connectivity index (χ0v) is 18.0. The molecule has 8 nitrogen and oxygen atoms in total. The molecule has 2 aromatic rings. The quantitative estimate of drug-likeness (QED) is 0.594. The van der Waals surface area contributed by atoms with Gasteiger partial charge in [-0.25, -0.2) is 8.42 Å². The monoisotopic (exact) mass is 452 g/mol. The van der Waals surface area contributed by atoms with Crippen LogP contribution in [0.1, 0.15) is 18.9 Å². The number of hydrogen-bond acceptors (Lipinski definition) is 6. The summed E-state index contributed by atoms with van der Waals surface area (Å²) < 4.78 is 29.5. The van der Waals surface area contributed by atoms with Crippen LogP contribution in [-0.4, -0.2) is 38.6 Å². The first-order chi connectivity index (χ1) is 14.1. The molecule has 0 fully saturated rings. The molecule has 160 valence electrons. The minimum absolute atomic E-state index is 0.0124. The molecule has 30 heavy (non-hydrogen) atoms. The summed E-state index contributed by atoms with van der Waals surface area (Å²) in [6.45, 7) is 2.61. The van der Waals surface area contributed by atoms with Crippen LogP contribution in [0.15, 0.2) is 47.4 Å². The first kappa shape index (κ1) is 23.4. The van der Waals surface area contributed by atoms with Gasteiger partial charge in [-0.1, -0.05) is 17.7 Å². The average Bonchev–Trinajstić information content (AvgIpc) is 2.68. The number of carbonyl (C=O) groups is 3. The molecule has 10 heteroatoms. The van der Waals surface area contributed by atoms with Crippen molar-refractivity contribution in [3.05, 3.63) is 53.1 Å². The first-order valence-corrected chi connectivity index (χ1v) is 10.9. The smallest absolute Gasteiger partial charge is 0.307 e. The average molecular weight is 453 g/mol. The molecule has 2 amide bonds. The van der Waals surface area contributed by atoms with E-state index in [4.69, 9.17) is 16.3 Å². The number of nitrogens with one attached hydrogen (secondary N) is 2. The summed E-state index contributed by atoms with van der Waals surface area (Å²) in [6, 6.07) is 10.5. The van der Waals surface area contributed by atoms with Gasteiger partial charge in [0.25, 0.3) is 5.91 Å². The number of ether oxygens (including phenoxy) is 1. The summed E-state index contributed by atoms with van der Waals surface area (Å²) in [4.78, 5) is 34.7. The molecule has 0 spiro atoms. The van der Waals surface area contributed by atoms with Gasteiger partial charge in [0.15, 0.2) is 16.4 Å². The molecule has 0 unspecified atom stereocenters. The van der Waals surface area contributed by atoms with Gasteiger partial charge in [0.1, 0.15) is 0 Å². The molecule has 2 aromatic carbocycles. The first-order valence-electron chi connectivity index (χ1n) is 8.89. The standard InChI is InChI=1S/C20H21ClN2O6S/c1-13-3-4-16(11-18(13)21)23-19(25)12-29-20(26)9-10-30(27,28)17-7-5-15(6-8-17)22-14(2)24/h3-8,11H,9-10,12H2,1-2H3,(H,22,24)(H,23,25). The highest BCUT2D eigenvalue weighted by Gasteiger charge is 2.18. The van der Waals surface area contributed by atoms with Gasteiger partial charge in [0, 0.05) is 23.3 Å². The Kier molecular flexibility index (Phi) is 7.96. The number of halogens is 1. The fourth-order valence-electron chi connectivity index (χ4n) is 2.37. The van der Waals surface area contributed by atoms with Gasteiger partial charge in [0.05, 0.1) is 17.1 Å². The maximum absolute atomic E-state index is 12.3. The molecule has 0 bridgehead atoms. The summed E-state index contributed by atoms with van der Waals surface area (Å²) in [5.74, 6) is -2.13. The van der Waals surface area contributed by atoms with E-state index >= 15 is 0 Å². The van der Waals surface area contributed by atoms with Crippen LogP contribution in [0.5, 0.6) is 0 Å². The van der Waals surface area contributed by atoms with Crippen LogP contribution in [0.3, 0.4) is 0 Å². The second-order valence-corrected chi connectivity index (χ2v) is 8.96. The topological polar surface area (TPSA) is 119 Å². The molecular weight excluding hydrogens is 432 g/mol. The molecule has 0 saturated heterocycles. The van der Waals surface area contributed by atoms with E-state index in [1.54, 1.807) is 18.2 Å². The molecule has 0 aliphatic heterocycles. The highest BCUT2D eigenvalue weighted by molar-refractivity contribution is 7.91. The lowest BCUT2D eigenvalue weighted by molar-refractivity contribution is -0.146. The molecule has 0 radical (unpaired) electrons. The molecule has 0 saturated carbocycles. The van der Waals surface area contributed by atoms with Crippen molar-refractivity contribution in [2.24, 2.45) is 0 Å². The molecule has 0 atom stereocenters. The molecule has 0 aliphatic carbocycles. The van der Waals surface area contributed by atoms with Crippen LogP contribution in [0.4, 0.5) is 11.4 Å². The van der Waals surface area contributed by atoms with Crippen LogP contribution in [0, 0.1) is 6.92 Å². The Labute approximate surface area is 179 Å². The maximum atomic E-state index is 12.3. The number of anilines is 2. The molecule has 2 N–H and O–H groups in total. The van der Waals surface area contributed by atoms with Crippen molar-refractivity contribution in [1.29, 1.82) is 0 Å². The second kappa shape index (κ2) is 10.2. The van der Waals surface area contributed by atoms with Gasteiger partial charge in [-0.15, -0.1) is 0 Å². The zero-order chi connectivity index (χ0) is 22.3. The fourth-order valence-corrected chi connectivity index (χ4v) is 3.77. The van der Waals surface area contributed by atoms with Crippen LogP contribution in [-0.2, 0) is 29.0 Å². The van der Waals surface area contributed by atoms with Crippen molar-refractivity contribution < 1.29 is 27.5 Å². The fraction of sp³-hybridized carbons (Fsp3) is 0.250. The third-order valence-corrected chi connectivity index (χ3v) is 6.07. The number of aryl methyl sites for hydroxylation is 1. The van der Waals surface area contributed by atoms with Crippen LogP contribution >= 0.6 is 11.6 Å². The summed E-state index contributed by atoms with van der Waals surface area (Å²) in [5.41, 5.74) is 1.77. The predicted octanol–water partition coefficient (Wildman–Crippen LogP) is 2.95. The Morgan fingerprint density at radius 3 is 2.23 bits per heavy atom. The minimum Gasteiger partial charge on any atom is -0.456 e. The highest BCUT2D eigenvalue weighted by atomic mass is 35.5. The third-order valence-electron chi connectivity index (χ3n) is 3.93. The van der Waals surface area contributed by atoms with Crippen molar-refractivity contribution >= 4 is 50.6 Å². The Morgan fingerprint density at radius 1 is 1.00 bits per heavy atom. The molecule has 0 heterocycles. The summed E-state index contributed by atoms with van der Waals surface area (Å²) in [7, 11) is -3.73. The number of amides is 2. The largest absolute Gasteiger partial charge is 0.456 e. The Hall–Kier alpha value is -2.91. The van der Waals surface area contributed by atoms with Crippen molar-refractivity contribution in [3.63, 3.8) is 0 Å². The maximum Gasteiger partial charge on any atom is 0.307 e. The SMILES string of the molecule is CC(=O)Nc1ccc(S(=O)(=O)CCC(=O)OCC(=O)Nc2ccc(C)c(Cl)c2)cc1. The summed E-state index contributed by atoms with van der Waals surface area (Å²) >= 11 is 5.98. The van der Waals surface area contributed by atoms with Crippen molar-refractivity contribution in [2.75, 3.05) is 23.0 Å². The third kappa shape index (κ3) is 7.16. The van der Waals surface area contributed by atoms with E-state index < -0.39 is 40.5 Å². The lowest BCUT2D eigenvalue weighted by atomic mass is 10.2. The van der Waals surface area contributed by atoms with E-state index in [0.29, 0.717) is 16.4 Å². The number of esters is 1. The molecular formula is C20H21ClN2O6S. The Balaban J connectivity index is 1.82. The second-order valence-electron chi connectivity index (χ2n) is 6.45. The van der Waals surface area contributed by atoms with Gasteiger partial charge in [-0.05, 0) is 48.9 Å². The molecule has 0 aromatic heterocycles. The van der Waals surface area contributed by atoms with Crippen LogP contribution < -0.4 is 10.6 Å². The van der Waals surface area contributed by atoms with E-state index in [9.17, 15) is 22.8 Å². The normalized spacial score (nSPS) is 10.9. The summed E-state index contributed by atoms with van der Waals surface area (Å²) in [5, 5.41) is 5.55. The van der Waals surface area contributed by atoms with Gasteiger partial charge < -0.3 is 15.4 Å². The van der Waals surface area contributed by atoms with E-state index in [1.165, 1.54) is 31.2 Å². The lowest BCUT2D eigenvalue weighted by Gasteiger charge is -2.08. The number of carbonyl (C=O) groups excluding carboxylic acids is 3. The molecule has 0 aliphatic rings. The van der Waals surface area contributed by atoms with E-state index in [0.717, 1.165) is 5.56 Å². The highest BCUT2D eigenvalue weighted by Crippen LogP contribution is 2.20. The summed E-state index contributed by atoms with van der Waals surface area (Å²) in [6.07, 6.45) is -0.403. The van der Waals surface area contributed by atoms with E-state index in [1.807, 2.05) is 6.92 Å². The number of hydrogen-bond donors (Lipinski definition) is 2. The lowest BCUT2D eigenvalue weighted by Crippen LogP contribution is -2.22. The van der Waals surface area contributed by atoms with Gasteiger partial charge in [-0.3, -0.25) is 14.4 Å². The Morgan fingerprint density at radius 2 is 1.63 bits per heavy atom. The van der Waals surface area contributed by atoms with Gasteiger partial charge in [0.2, 0.25) is 5.91 Å². The van der Waals surface area contributed by atoms with Crippen LogP contribution in [0.25, 0.3) is 0 Å². The van der Waals surface area contributed by atoms with E-state index in [2.05, 4.69) is 10.6 Å². The zero-order valence-electron chi connectivity index (χ0n) is 16.4. The van der Waals surface area contributed by atoms with Crippen molar-refractivity contribution in [2.45, 2.75) is 25.2 Å². The number of rotatable bonds is 8.